The Kier molecular flexibility index (Phi) is 2.43. The smallest absolute Gasteiger partial charge is 0.136 e. The van der Waals surface area contributed by atoms with Crippen LogP contribution in [0.5, 0.6) is 0 Å². The molecule has 4 atom stereocenters. The zero-order valence-electron chi connectivity index (χ0n) is 10.3. The first-order valence-corrected chi connectivity index (χ1v) is 7.55. The molecule has 1 radical (unpaired) electrons. The van der Waals surface area contributed by atoms with E-state index in [0.717, 1.165) is 9.57 Å². The van der Waals surface area contributed by atoms with E-state index in [9.17, 15) is 0 Å². The van der Waals surface area contributed by atoms with Gasteiger partial charge in [-0.2, -0.15) is 0 Å². The number of rotatable bonds is 0. The molecule has 0 aromatic carbocycles. The molecule has 2 saturated heterocycles. The van der Waals surface area contributed by atoms with Crippen LogP contribution < -0.4 is 0 Å². The van der Waals surface area contributed by atoms with E-state index in [1.165, 1.54) is 25.7 Å². The van der Waals surface area contributed by atoms with E-state index < -0.39 is 0 Å². The van der Waals surface area contributed by atoms with Crippen LogP contribution in [0.15, 0.2) is 0 Å². The van der Waals surface area contributed by atoms with Crippen molar-refractivity contribution in [2.45, 2.75) is 61.5 Å². The van der Waals surface area contributed by atoms with Gasteiger partial charge in [0.1, 0.15) is 11.6 Å². The summed E-state index contributed by atoms with van der Waals surface area (Å²) in [6, 6.07) is 0.702. The Morgan fingerprint density at radius 3 is 2.94 bits per heavy atom. The van der Waals surface area contributed by atoms with Crippen LogP contribution in [0.4, 0.5) is 0 Å². The Morgan fingerprint density at radius 2 is 2.19 bits per heavy atom. The van der Waals surface area contributed by atoms with Crippen LogP contribution >= 0.6 is 24.0 Å². The van der Waals surface area contributed by atoms with Crippen molar-refractivity contribution in [3.05, 3.63) is 0 Å². The summed E-state index contributed by atoms with van der Waals surface area (Å²) in [4.78, 5) is 2.35. The summed E-state index contributed by atoms with van der Waals surface area (Å²) >= 11 is 7.38. The Labute approximate surface area is 109 Å². The molecule has 0 aromatic rings. The Hall–Kier alpha value is 0.305. The minimum Gasteiger partial charge on any atom is -0.356 e. The van der Waals surface area contributed by atoms with Gasteiger partial charge in [-0.25, -0.2) is 0 Å². The van der Waals surface area contributed by atoms with Crippen molar-refractivity contribution in [3.63, 3.8) is 0 Å². The van der Waals surface area contributed by atoms with Crippen molar-refractivity contribution in [2.24, 2.45) is 0 Å². The summed E-state index contributed by atoms with van der Waals surface area (Å²) in [6.45, 7) is 4.88. The third kappa shape index (κ3) is 1.48. The van der Waals surface area contributed by atoms with Gasteiger partial charge in [0, 0.05) is 18.3 Å². The second-order valence-corrected chi connectivity index (χ2v) is 8.05. The van der Waals surface area contributed by atoms with Crippen LogP contribution in [0.2, 0.25) is 10.6 Å². The standard InChI is InChI=1S/C12H19BNS2/c1-11-6-4-5-8-9(7-12(11,2)13-11)16-10(15)14(8)3/h8-9H,4-7H2,1-3H3. The molecule has 0 spiro atoms. The second-order valence-electron chi connectivity index (χ2n) is 6.18. The topological polar surface area (TPSA) is 3.24 Å². The average Bonchev–Trinajstić information content (AvgIpc) is 2.59. The van der Waals surface area contributed by atoms with Crippen molar-refractivity contribution in [2.75, 3.05) is 7.05 Å². The summed E-state index contributed by atoms with van der Waals surface area (Å²) in [5.41, 5.74) is 0. The Morgan fingerprint density at radius 1 is 1.44 bits per heavy atom. The van der Waals surface area contributed by atoms with E-state index in [-0.39, 0.29) is 0 Å². The van der Waals surface area contributed by atoms with Gasteiger partial charge in [0.05, 0.1) is 0 Å². The van der Waals surface area contributed by atoms with Crippen molar-refractivity contribution in [3.8, 4) is 0 Å². The lowest BCUT2D eigenvalue weighted by atomic mass is 9.82. The van der Waals surface area contributed by atoms with Gasteiger partial charge in [-0.05, 0) is 12.8 Å². The third-order valence-electron chi connectivity index (χ3n) is 5.15. The molecule has 16 heavy (non-hydrogen) atoms. The quantitative estimate of drug-likeness (QED) is 0.481. The Bertz CT molecular complexity index is 348. The molecule has 4 heteroatoms. The van der Waals surface area contributed by atoms with E-state index in [1.807, 2.05) is 11.8 Å². The molecule has 1 aliphatic carbocycles. The van der Waals surface area contributed by atoms with Crippen molar-refractivity contribution < 1.29 is 0 Å². The molecule has 3 rings (SSSR count). The minimum absolute atomic E-state index is 0.490. The maximum Gasteiger partial charge on any atom is 0.136 e. The molecule has 3 aliphatic rings. The third-order valence-corrected chi connectivity index (χ3v) is 7.00. The lowest BCUT2D eigenvalue weighted by molar-refractivity contribution is 0.297. The molecular weight excluding hydrogens is 233 g/mol. The summed E-state index contributed by atoms with van der Waals surface area (Å²) < 4.78 is 1.11. The van der Waals surface area contributed by atoms with Crippen LogP contribution in [0.3, 0.4) is 0 Å². The van der Waals surface area contributed by atoms with Gasteiger partial charge in [0.25, 0.3) is 0 Å². The first-order valence-electron chi connectivity index (χ1n) is 6.26. The number of nitrogens with zero attached hydrogens (tertiary/aromatic N) is 1. The normalized spacial score (nSPS) is 51.2. The molecule has 0 amide bonds. The molecule has 2 aliphatic heterocycles. The molecule has 87 valence electrons. The largest absolute Gasteiger partial charge is 0.356 e. The van der Waals surface area contributed by atoms with E-state index >= 15 is 0 Å². The number of hydrogen-bond acceptors (Lipinski definition) is 2. The van der Waals surface area contributed by atoms with Crippen LogP contribution in [-0.2, 0) is 0 Å². The van der Waals surface area contributed by atoms with Crippen LogP contribution in [0, 0.1) is 0 Å². The van der Waals surface area contributed by atoms with Crippen LogP contribution in [-0.4, -0.2) is 34.8 Å². The van der Waals surface area contributed by atoms with Gasteiger partial charge in [-0.3, -0.25) is 0 Å². The van der Waals surface area contributed by atoms with Crippen molar-refractivity contribution in [1.82, 2.24) is 4.90 Å². The maximum atomic E-state index is 5.44. The second kappa shape index (κ2) is 3.41. The average molecular weight is 252 g/mol. The first-order chi connectivity index (χ1) is 7.45. The fourth-order valence-electron chi connectivity index (χ4n) is 3.65. The van der Waals surface area contributed by atoms with Crippen molar-refractivity contribution in [1.29, 1.82) is 0 Å². The Balaban J connectivity index is 1.83. The fourth-order valence-corrected chi connectivity index (χ4v) is 5.62. The fraction of sp³-hybridized carbons (Fsp3) is 0.917. The SMILES string of the molecule is CN1C(=S)SC2CC3(C)[B]C3(C)CCCC21. The van der Waals surface area contributed by atoms with E-state index in [4.69, 9.17) is 12.2 Å². The van der Waals surface area contributed by atoms with E-state index in [2.05, 4.69) is 33.1 Å². The lowest BCUT2D eigenvalue weighted by Gasteiger charge is -2.32. The highest BCUT2D eigenvalue weighted by Crippen LogP contribution is 2.74. The zero-order valence-corrected chi connectivity index (χ0v) is 12.0. The van der Waals surface area contributed by atoms with E-state index in [0.29, 0.717) is 16.7 Å². The van der Waals surface area contributed by atoms with E-state index in [1.54, 1.807) is 0 Å². The molecule has 4 unspecified atom stereocenters. The van der Waals surface area contributed by atoms with Gasteiger partial charge in [0.15, 0.2) is 0 Å². The van der Waals surface area contributed by atoms with Crippen LogP contribution in [0.1, 0.15) is 39.5 Å². The van der Waals surface area contributed by atoms with Gasteiger partial charge in [-0.15, -0.1) is 0 Å². The molecule has 1 nitrogen and oxygen atoms in total. The number of thioether (sulfide) groups is 1. The summed E-state index contributed by atoms with van der Waals surface area (Å²) in [7, 11) is 4.77. The van der Waals surface area contributed by atoms with Gasteiger partial charge < -0.3 is 4.90 Å². The van der Waals surface area contributed by atoms with Gasteiger partial charge in [-0.1, -0.05) is 61.3 Å². The zero-order chi connectivity index (χ0) is 11.6. The lowest BCUT2D eigenvalue weighted by Crippen LogP contribution is -2.34. The number of hydrogen-bond donors (Lipinski definition) is 0. The predicted molar refractivity (Wildman–Crippen MR) is 76.5 cm³/mol. The highest BCUT2D eigenvalue weighted by Gasteiger charge is 2.62. The molecule has 1 saturated carbocycles. The molecule has 0 N–H and O–H groups in total. The molecule has 3 fully saturated rings. The summed E-state index contributed by atoms with van der Waals surface area (Å²) in [5, 5.41) is 1.76. The number of thiocarbonyl (C=S) groups is 1. The van der Waals surface area contributed by atoms with Gasteiger partial charge >= 0.3 is 0 Å². The maximum absolute atomic E-state index is 5.44. The predicted octanol–water partition coefficient (Wildman–Crippen LogP) is 3.34. The molecule has 2 heterocycles. The van der Waals surface area contributed by atoms with Gasteiger partial charge in [0.2, 0.25) is 0 Å². The highest BCUT2D eigenvalue weighted by molar-refractivity contribution is 8.23. The molecule has 0 aromatic heterocycles. The minimum atomic E-state index is 0.490. The molecular formula is C12H19BNS2. The molecule has 0 bridgehead atoms. The highest BCUT2D eigenvalue weighted by atomic mass is 32.2. The first kappa shape index (κ1) is 11.4. The van der Waals surface area contributed by atoms with Crippen LogP contribution in [0.25, 0.3) is 0 Å². The monoisotopic (exact) mass is 252 g/mol. The summed E-state index contributed by atoms with van der Waals surface area (Å²) in [6.07, 6.45) is 5.38. The number of fused-ring (bicyclic) bond motifs is 2. The summed E-state index contributed by atoms with van der Waals surface area (Å²) in [5.74, 6) is 0. The van der Waals surface area contributed by atoms with Crippen molar-refractivity contribution >= 4 is 35.6 Å².